The Kier molecular flexibility index (Phi) is 8.78. The van der Waals surface area contributed by atoms with Gasteiger partial charge in [-0.15, -0.1) is 0 Å². The number of carbonyl (C=O) groups is 3. The zero-order valence-corrected chi connectivity index (χ0v) is 21.5. The number of amides is 3. The van der Waals surface area contributed by atoms with Crippen LogP contribution in [0.15, 0.2) is 53.5 Å². The molecular formula is C27H33ClN6O3. The Morgan fingerprint density at radius 2 is 1.78 bits per heavy atom. The summed E-state index contributed by atoms with van der Waals surface area (Å²) >= 11 is 6.11. The number of nitrogens with two attached hydrogens (primary N) is 1. The second-order valence-electron chi connectivity index (χ2n) is 9.41. The predicted octanol–water partition coefficient (Wildman–Crippen LogP) is 2.66. The zero-order valence-electron chi connectivity index (χ0n) is 20.7. The van der Waals surface area contributed by atoms with Gasteiger partial charge in [-0.25, -0.2) is 0 Å². The molecule has 0 spiro atoms. The fraction of sp³-hybridized carbons (Fsp3) is 0.407. The van der Waals surface area contributed by atoms with Crippen LogP contribution in [0.4, 0.5) is 5.69 Å². The highest BCUT2D eigenvalue weighted by molar-refractivity contribution is 6.34. The van der Waals surface area contributed by atoms with E-state index in [9.17, 15) is 14.4 Å². The number of likely N-dealkylation sites (tertiary alicyclic amines) is 1. The molecule has 3 amide bonds. The Morgan fingerprint density at radius 1 is 1.05 bits per heavy atom. The van der Waals surface area contributed by atoms with Crippen molar-refractivity contribution < 1.29 is 14.4 Å². The third-order valence-electron chi connectivity index (χ3n) is 6.93. The number of nitrogens with zero attached hydrogens (tertiary/aromatic N) is 2. The first kappa shape index (κ1) is 26.6. The van der Waals surface area contributed by atoms with E-state index in [0.29, 0.717) is 28.4 Å². The number of rotatable bonds is 10. The molecule has 4 rings (SSSR count). The summed E-state index contributed by atoms with van der Waals surface area (Å²) in [6, 6.07) is 12.3. The number of nitrogens with one attached hydrogen (secondary N) is 3. The Hall–Kier alpha value is -3.43. The number of unbranched alkanes of at least 4 members (excludes halogenated alkanes) is 1. The van der Waals surface area contributed by atoms with Crippen molar-refractivity contribution in [2.75, 3.05) is 31.5 Å². The molecule has 0 bridgehead atoms. The summed E-state index contributed by atoms with van der Waals surface area (Å²) in [6.45, 7) is 3.83. The first-order chi connectivity index (χ1) is 17.9. The molecular weight excluding hydrogens is 492 g/mol. The lowest BCUT2D eigenvalue weighted by Crippen LogP contribution is -2.59. The van der Waals surface area contributed by atoms with E-state index >= 15 is 0 Å². The number of carbonyl (C=O) groups excluding carboxylic acids is 3. The van der Waals surface area contributed by atoms with Gasteiger partial charge in [0.15, 0.2) is 11.6 Å². The lowest BCUT2D eigenvalue weighted by molar-refractivity contribution is -0.131. The maximum absolute atomic E-state index is 13.1. The molecule has 9 nitrogen and oxygen atoms in total. The predicted molar refractivity (Wildman–Crippen MR) is 145 cm³/mol. The van der Waals surface area contributed by atoms with E-state index in [4.69, 9.17) is 17.3 Å². The van der Waals surface area contributed by atoms with Crippen molar-refractivity contribution in [3.63, 3.8) is 0 Å². The highest BCUT2D eigenvalue weighted by atomic mass is 35.5. The van der Waals surface area contributed by atoms with Gasteiger partial charge in [-0.05, 0) is 75.1 Å². The first-order valence-corrected chi connectivity index (χ1v) is 13.1. The standard InChI is InChI=1S/C27H33ClN6O3/c28-22-9-3-2-8-21(22)24(35)33-20-12-10-19(11-13-20)27(26(29)37)23(31-18-32-27)25(36)30-14-4-7-17-34-15-5-1-6-16-34/h2-3,8-13,18,23H,1,4-7,14-17H2,(H2,29,37)(H,30,36)(H,31,32)(H,33,35). The number of benzene rings is 2. The summed E-state index contributed by atoms with van der Waals surface area (Å²) < 4.78 is 0. The molecule has 1 fully saturated rings. The molecule has 196 valence electrons. The Balaban J connectivity index is 1.37. The average Bonchev–Trinajstić information content (AvgIpc) is 3.36. The molecule has 2 aliphatic rings. The highest BCUT2D eigenvalue weighted by Gasteiger charge is 2.52. The molecule has 0 saturated carbocycles. The van der Waals surface area contributed by atoms with Gasteiger partial charge >= 0.3 is 0 Å². The van der Waals surface area contributed by atoms with Crippen molar-refractivity contribution in [1.29, 1.82) is 0 Å². The number of halogens is 1. The number of hydrogen-bond donors (Lipinski definition) is 4. The van der Waals surface area contributed by atoms with Crippen LogP contribution in [0.5, 0.6) is 0 Å². The van der Waals surface area contributed by atoms with Gasteiger partial charge in [-0.2, -0.15) is 0 Å². The molecule has 5 N–H and O–H groups in total. The second-order valence-corrected chi connectivity index (χ2v) is 9.82. The van der Waals surface area contributed by atoms with Crippen LogP contribution in [0.2, 0.25) is 5.02 Å². The van der Waals surface area contributed by atoms with Crippen molar-refractivity contribution in [2.24, 2.45) is 10.7 Å². The molecule has 2 aliphatic heterocycles. The average molecular weight is 525 g/mol. The lowest BCUT2D eigenvalue weighted by atomic mass is 9.82. The SMILES string of the molecule is NC(=O)C1(c2ccc(NC(=O)c3ccccc3Cl)cc2)NC=NC1C(=O)NCCCCN1CCCCC1. The molecule has 0 aliphatic carbocycles. The summed E-state index contributed by atoms with van der Waals surface area (Å²) in [5.74, 6) is -1.44. The molecule has 2 atom stereocenters. The molecule has 2 aromatic carbocycles. The minimum Gasteiger partial charge on any atom is -0.367 e. The van der Waals surface area contributed by atoms with Crippen LogP contribution in [0.1, 0.15) is 48.0 Å². The van der Waals surface area contributed by atoms with Crippen molar-refractivity contribution >= 4 is 41.3 Å². The Bertz CT molecular complexity index is 1150. The van der Waals surface area contributed by atoms with E-state index < -0.39 is 17.5 Å². The van der Waals surface area contributed by atoms with Gasteiger partial charge in [0.25, 0.3) is 11.8 Å². The minimum atomic E-state index is -1.52. The summed E-state index contributed by atoms with van der Waals surface area (Å²) in [6.07, 6.45) is 7.01. The van der Waals surface area contributed by atoms with Gasteiger partial charge < -0.3 is 26.6 Å². The van der Waals surface area contributed by atoms with Gasteiger partial charge in [-0.1, -0.05) is 42.3 Å². The van der Waals surface area contributed by atoms with Gasteiger partial charge in [0.05, 0.1) is 16.9 Å². The number of piperidine rings is 1. The number of primary amides is 1. The molecule has 0 radical (unpaired) electrons. The Morgan fingerprint density at radius 3 is 2.49 bits per heavy atom. The van der Waals surface area contributed by atoms with Crippen molar-refractivity contribution in [1.82, 2.24) is 15.5 Å². The number of anilines is 1. The molecule has 1 saturated heterocycles. The minimum absolute atomic E-state index is 0.344. The summed E-state index contributed by atoms with van der Waals surface area (Å²) in [5.41, 5.74) is 5.61. The molecule has 0 aromatic heterocycles. The normalized spacial score (nSPS) is 21.3. The number of aliphatic imine (C=N–C) groups is 1. The van der Waals surface area contributed by atoms with Crippen LogP contribution in [0, 0.1) is 0 Å². The quantitative estimate of drug-likeness (QED) is 0.355. The maximum Gasteiger partial charge on any atom is 0.257 e. The van der Waals surface area contributed by atoms with Gasteiger partial charge in [0.2, 0.25) is 5.91 Å². The highest BCUT2D eigenvalue weighted by Crippen LogP contribution is 2.31. The zero-order chi connectivity index (χ0) is 26.3. The lowest BCUT2D eigenvalue weighted by Gasteiger charge is -2.31. The second kappa shape index (κ2) is 12.2. The van der Waals surface area contributed by atoms with Crippen LogP contribution in [0.25, 0.3) is 0 Å². The third kappa shape index (κ3) is 6.11. The van der Waals surface area contributed by atoms with E-state index in [1.807, 2.05) is 0 Å². The third-order valence-corrected chi connectivity index (χ3v) is 7.26. The fourth-order valence-electron chi connectivity index (χ4n) is 4.87. The number of hydrogen-bond acceptors (Lipinski definition) is 6. The van der Waals surface area contributed by atoms with E-state index in [-0.39, 0.29) is 11.8 Å². The summed E-state index contributed by atoms with van der Waals surface area (Å²) in [5, 5.41) is 8.96. The maximum atomic E-state index is 13.1. The fourth-order valence-corrected chi connectivity index (χ4v) is 5.09. The molecule has 2 unspecified atom stereocenters. The van der Waals surface area contributed by atoms with Crippen LogP contribution < -0.4 is 21.7 Å². The van der Waals surface area contributed by atoms with E-state index in [1.54, 1.807) is 48.5 Å². The van der Waals surface area contributed by atoms with E-state index in [0.717, 1.165) is 32.5 Å². The van der Waals surface area contributed by atoms with Gasteiger partial charge in [0.1, 0.15) is 0 Å². The van der Waals surface area contributed by atoms with E-state index in [1.165, 1.54) is 25.6 Å². The van der Waals surface area contributed by atoms with Crippen molar-refractivity contribution in [3.05, 3.63) is 64.7 Å². The van der Waals surface area contributed by atoms with Crippen molar-refractivity contribution in [3.8, 4) is 0 Å². The molecule has 37 heavy (non-hydrogen) atoms. The van der Waals surface area contributed by atoms with Crippen molar-refractivity contribution in [2.45, 2.75) is 43.7 Å². The van der Waals surface area contributed by atoms with Crippen LogP contribution in [-0.2, 0) is 15.1 Å². The van der Waals surface area contributed by atoms with Crippen LogP contribution >= 0.6 is 11.6 Å². The molecule has 2 aromatic rings. The smallest absolute Gasteiger partial charge is 0.257 e. The van der Waals surface area contributed by atoms with Gasteiger partial charge in [-0.3, -0.25) is 19.4 Å². The Labute approximate surface area is 221 Å². The van der Waals surface area contributed by atoms with Crippen LogP contribution in [-0.4, -0.2) is 61.2 Å². The topological polar surface area (TPSA) is 129 Å². The summed E-state index contributed by atoms with van der Waals surface area (Å²) in [4.78, 5) is 45.0. The van der Waals surface area contributed by atoms with Crippen LogP contribution in [0.3, 0.4) is 0 Å². The molecule has 10 heteroatoms. The monoisotopic (exact) mass is 524 g/mol. The summed E-state index contributed by atoms with van der Waals surface area (Å²) in [7, 11) is 0. The molecule has 2 heterocycles. The largest absolute Gasteiger partial charge is 0.367 e. The first-order valence-electron chi connectivity index (χ1n) is 12.7. The van der Waals surface area contributed by atoms with Gasteiger partial charge in [0, 0.05) is 12.2 Å². The van der Waals surface area contributed by atoms with E-state index in [2.05, 4.69) is 25.8 Å².